The number of nitrogens with one attached hydrogen (secondary N) is 1. The van der Waals surface area contributed by atoms with Crippen molar-refractivity contribution < 1.29 is 14.7 Å². The van der Waals surface area contributed by atoms with Crippen LogP contribution in [-0.4, -0.2) is 28.7 Å². The van der Waals surface area contributed by atoms with Gasteiger partial charge in [0, 0.05) is 19.1 Å². The van der Waals surface area contributed by atoms with Crippen LogP contribution in [0.5, 0.6) is 0 Å². The summed E-state index contributed by atoms with van der Waals surface area (Å²) in [7, 11) is 0. The largest absolute Gasteiger partial charge is 0.480 e. The second-order valence-electron chi connectivity index (χ2n) is 6.51. The lowest BCUT2D eigenvalue weighted by Gasteiger charge is -2.26. The van der Waals surface area contributed by atoms with Crippen molar-refractivity contribution in [3.8, 4) is 6.07 Å². The van der Waals surface area contributed by atoms with Gasteiger partial charge in [0.2, 0.25) is 5.91 Å². The van der Waals surface area contributed by atoms with Gasteiger partial charge in [0.05, 0.1) is 17.5 Å². The van der Waals surface area contributed by atoms with E-state index in [1.807, 2.05) is 37.3 Å². The fraction of sp³-hybridized carbons (Fsp3) is 0.474. The Kier molecular flexibility index (Phi) is 5.92. The van der Waals surface area contributed by atoms with Gasteiger partial charge in [-0.2, -0.15) is 5.26 Å². The standard InChI is InChI=1S/C19H23N3O3/c1-13(15-7-4-3-5-8-15)21-17-9-6-10-19(17,12-20)11-16(18(24)25)22-14(2)23/h3-5,7-8,13,16H,6,9-11H2,1-2H3,(H,22,23)(H,24,25)/t13-,16-,19+/m0/s1. The van der Waals surface area contributed by atoms with Gasteiger partial charge < -0.3 is 10.4 Å². The summed E-state index contributed by atoms with van der Waals surface area (Å²) in [4.78, 5) is 27.5. The molecule has 6 nitrogen and oxygen atoms in total. The molecule has 0 saturated heterocycles. The number of benzene rings is 1. The Balaban J connectivity index is 2.28. The molecular weight excluding hydrogens is 318 g/mol. The van der Waals surface area contributed by atoms with Crippen molar-refractivity contribution in [2.75, 3.05) is 0 Å². The normalized spacial score (nSPS) is 23.6. The molecule has 1 saturated carbocycles. The van der Waals surface area contributed by atoms with Gasteiger partial charge in [-0.25, -0.2) is 4.79 Å². The third kappa shape index (κ3) is 4.44. The summed E-state index contributed by atoms with van der Waals surface area (Å²) in [6.07, 6.45) is 2.07. The molecule has 1 fully saturated rings. The lowest BCUT2D eigenvalue weighted by Crippen LogP contribution is -2.44. The van der Waals surface area contributed by atoms with Crippen LogP contribution in [0.2, 0.25) is 0 Å². The highest BCUT2D eigenvalue weighted by molar-refractivity contribution is 5.95. The molecule has 0 heterocycles. The number of carboxylic acids is 1. The predicted octanol–water partition coefficient (Wildman–Crippen LogP) is 2.86. The third-order valence-electron chi connectivity index (χ3n) is 4.64. The van der Waals surface area contributed by atoms with Gasteiger partial charge in [0.1, 0.15) is 6.04 Å². The Hall–Kier alpha value is -2.68. The zero-order valence-electron chi connectivity index (χ0n) is 14.5. The van der Waals surface area contributed by atoms with Crippen LogP contribution in [0.4, 0.5) is 0 Å². The number of rotatable bonds is 6. The molecule has 6 heteroatoms. The summed E-state index contributed by atoms with van der Waals surface area (Å²) in [5.41, 5.74) is 0.850. The first-order valence-electron chi connectivity index (χ1n) is 8.41. The van der Waals surface area contributed by atoms with Crippen molar-refractivity contribution in [2.24, 2.45) is 10.4 Å². The lowest BCUT2D eigenvalue weighted by molar-refractivity contribution is -0.142. The van der Waals surface area contributed by atoms with Crippen LogP contribution in [0.3, 0.4) is 0 Å². The van der Waals surface area contributed by atoms with E-state index >= 15 is 0 Å². The minimum Gasteiger partial charge on any atom is -0.480 e. The SMILES string of the molecule is CC(=O)N[C@@H](C[C@@]1(C#N)CCCC1=N[C@@H](C)c1ccccc1)C(=O)O. The van der Waals surface area contributed by atoms with Crippen molar-refractivity contribution >= 4 is 17.6 Å². The topological polar surface area (TPSA) is 103 Å². The summed E-state index contributed by atoms with van der Waals surface area (Å²) >= 11 is 0. The number of hydrogen-bond donors (Lipinski definition) is 2. The molecule has 0 bridgehead atoms. The van der Waals surface area contributed by atoms with Gasteiger partial charge in [0.25, 0.3) is 0 Å². The average molecular weight is 341 g/mol. The first-order valence-corrected chi connectivity index (χ1v) is 8.41. The predicted molar refractivity (Wildman–Crippen MR) is 94.0 cm³/mol. The molecule has 25 heavy (non-hydrogen) atoms. The summed E-state index contributed by atoms with van der Waals surface area (Å²) in [5, 5.41) is 21.6. The zero-order chi connectivity index (χ0) is 18.4. The Morgan fingerprint density at radius 1 is 1.40 bits per heavy atom. The third-order valence-corrected chi connectivity index (χ3v) is 4.64. The van der Waals surface area contributed by atoms with Gasteiger partial charge in [-0.15, -0.1) is 0 Å². The number of carboxylic acid groups (broad SMARTS) is 1. The quantitative estimate of drug-likeness (QED) is 0.830. The maximum atomic E-state index is 11.5. The van der Waals surface area contributed by atoms with E-state index in [1.54, 1.807) is 0 Å². The van der Waals surface area contributed by atoms with Crippen LogP contribution < -0.4 is 5.32 Å². The number of aliphatic carboxylic acids is 1. The number of amides is 1. The Morgan fingerprint density at radius 3 is 2.64 bits per heavy atom. The summed E-state index contributed by atoms with van der Waals surface area (Å²) in [6, 6.07) is 10.9. The van der Waals surface area contributed by atoms with E-state index in [4.69, 9.17) is 4.99 Å². The minimum atomic E-state index is -1.13. The molecule has 1 aromatic carbocycles. The van der Waals surface area contributed by atoms with Crippen LogP contribution in [0, 0.1) is 16.7 Å². The van der Waals surface area contributed by atoms with E-state index in [9.17, 15) is 20.0 Å². The molecule has 0 aromatic heterocycles. The minimum absolute atomic E-state index is 0.0404. The highest BCUT2D eigenvalue weighted by Crippen LogP contribution is 2.40. The van der Waals surface area contributed by atoms with E-state index in [0.29, 0.717) is 12.8 Å². The van der Waals surface area contributed by atoms with Crippen LogP contribution >= 0.6 is 0 Å². The van der Waals surface area contributed by atoms with Crippen LogP contribution in [0.25, 0.3) is 0 Å². The summed E-state index contributed by atoms with van der Waals surface area (Å²) in [6.45, 7) is 3.24. The van der Waals surface area contributed by atoms with Gasteiger partial charge in [-0.3, -0.25) is 9.79 Å². The monoisotopic (exact) mass is 341 g/mol. The smallest absolute Gasteiger partial charge is 0.326 e. The molecule has 2 N–H and O–H groups in total. The van der Waals surface area contributed by atoms with E-state index in [0.717, 1.165) is 17.7 Å². The molecule has 1 aliphatic carbocycles. The second-order valence-corrected chi connectivity index (χ2v) is 6.51. The van der Waals surface area contributed by atoms with Crippen molar-refractivity contribution in [1.82, 2.24) is 5.32 Å². The molecule has 132 valence electrons. The van der Waals surface area contributed by atoms with Crippen molar-refractivity contribution in [3.05, 3.63) is 35.9 Å². The molecule has 1 aromatic rings. The number of carbonyl (C=O) groups excluding carboxylic acids is 1. The Labute approximate surface area is 147 Å². The van der Waals surface area contributed by atoms with Crippen molar-refractivity contribution in [1.29, 1.82) is 5.26 Å². The number of nitriles is 1. The Morgan fingerprint density at radius 2 is 2.08 bits per heavy atom. The fourth-order valence-corrected chi connectivity index (χ4v) is 3.35. The lowest BCUT2D eigenvalue weighted by atomic mass is 9.79. The van der Waals surface area contributed by atoms with E-state index in [2.05, 4.69) is 11.4 Å². The molecule has 3 atom stereocenters. The fourth-order valence-electron chi connectivity index (χ4n) is 3.35. The first kappa shape index (κ1) is 18.7. The number of hydrogen-bond acceptors (Lipinski definition) is 4. The van der Waals surface area contributed by atoms with E-state index in [-0.39, 0.29) is 12.5 Å². The van der Waals surface area contributed by atoms with Gasteiger partial charge in [-0.1, -0.05) is 30.3 Å². The first-order chi connectivity index (χ1) is 11.9. The molecular formula is C19H23N3O3. The molecule has 0 unspecified atom stereocenters. The molecule has 1 aliphatic rings. The second kappa shape index (κ2) is 7.93. The highest BCUT2D eigenvalue weighted by Gasteiger charge is 2.44. The summed E-state index contributed by atoms with van der Waals surface area (Å²) < 4.78 is 0. The number of nitrogens with zero attached hydrogens (tertiary/aromatic N) is 2. The molecule has 0 aliphatic heterocycles. The number of aliphatic imine (C=N–C) groups is 1. The summed E-state index contributed by atoms with van der Waals surface area (Å²) in [5.74, 6) is -1.55. The molecule has 1 amide bonds. The maximum Gasteiger partial charge on any atom is 0.326 e. The number of carbonyl (C=O) groups is 2. The Bertz CT molecular complexity index is 708. The van der Waals surface area contributed by atoms with Crippen LogP contribution in [0.15, 0.2) is 35.3 Å². The van der Waals surface area contributed by atoms with Crippen LogP contribution in [0.1, 0.15) is 51.1 Å². The van der Waals surface area contributed by atoms with Crippen molar-refractivity contribution in [2.45, 2.75) is 51.6 Å². The average Bonchev–Trinajstić information content (AvgIpc) is 2.97. The molecule has 2 rings (SSSR count). The van der Waals surface area contributed by atoms with Gasteiger partial charge in [0.15, 0.2) is 0 Å². The van der Waals surface area contributed by atoms with Crippen molar-refractivity contribution in [3.63, 3.8) is 0 Å². The van der Waals surface area contributed by atoms with Gasteiger partial charge in [-0.05, 0) is 31.7 Å². The maximum absolute atomic E-state index is 11.5. The molecule has 0 spiro atoms. The van der Waals surface area contributed by atoms with E-state index < -0.39 is 23.3 Å². The van der Waals surface area contributed by atoms with Crippen LogP contribution in [-0.2, 0) is 9.59 Å². The van der Waals surface area contributed by atoms with Gasteiger partial charge >= 0.3 is 5.97 Å². The molecule has 0 radical (unpaired) electrons. The van der Waals surface area contributed by atoms with E-state index in [1.165, 1.54) is 6.92 Å². The zero-order valence-corrected chi connectivity index (χ0v) is 14.5. The highest BCUT2D eigenvalue weighted by atomic mass is 16.4.